The molecule has 0 unspecified atom stereocenters. The van der Waals surface area contributed by atoms with E-state index in [1.54, 1.807) is 12.1 Å². The van der Waals surface area contributed by atoms with E-state index >= 15 is 0 Å². The first kappa shape index (κ1) is 15.0. The smallest absolute Gasteiger partial charge is 0.217 e. The molecule has 1 heterocycles. The van der Waals surface area contributed by atoms with E-state index in [1.165, 1.54) is 32.9 Å². The summed E-state index contributed by atoms with van der Waals surface area (Å²) in [5, 5.41) is 3.41. The molecule has 0 radical (unpaired) electrons. The summed E-state index contributed by atoms with van der Waals surface area (Å²) in [6.07, 6.45) is 2.83. The van der Waals surface area contributed by atoms with Crippen LogP contribution in [0.2, 0.25) is 5.02 Å². The van der Waals surface area contributed by atoms with E-state index in [0.717, 1.165) is 5.56 Å². The third-order valence-corrected chi connectivity index (χ3v) is 3.04. The second-order valence-electron chi connectivity index (χ2n) is 4.55. The summed E-state index contributed by atoms with van der Waals surface area (Å²) in [6, 6.07) is 7.38. The number of benzene rings is 1. The summed E-state index contributed by atoms with van der Waals surface area (Å²) >= 11 is 5.69. The Morgan fingerprint density at radius 3 is 2.22 bits per heavy atom. The van der Waals surface area contributed by atoms with Crippen LogP contribution in [0.15, 0.2) is 24.3 Å². The lowest BCUT2D eigenvalue weighted by Gasteiger charge is -2.01. The van der Waals surface area contributed by atoms with Crippen molar-refractivity contribution in [3.8, 4) is 0 Å². The lowest BCUT2D eigenvalue weighted by molar-refractivity contribution is -0.119. The average Bonchev–Trinajstić information content (AvgIpc) is 2.80. The lowest BCUT2D eigenvalue weighted by Crippen LogP contribution is -2.18. The second-order valence-corrected chi connectivity index (χ2v) is 4.98. The van der Waals surface area contributed by atoms with Crippen molar-refractivity contribution in [3.05, 3.63) is 34.9 Å². The Labute approximate surface area is 114 Å². The Kier molecular flexibility index (Phi) is 6.76. The van der Waals surface area contributed by atoms with Crippen LogP contribution >= 0.6 is 11.6 Å². The van der Waals surface area contributed by atoms with Crippen LogP contribution in [0.25, 0.3) is 0 Å². The van der Waals surface area contributed by atoms with E-state index in [2.05, 4.69) is 17.3 Å². The van der Waals surface area contributed by atoms with Crippen molar-refractivity contribution in [3.63, 3.8) is 0 Å². The van der Waals surface area contributed by atoms with E-state index in [9.17, 15) is 4.79 Å². The molecule has 0 aromatic heterocycles. The van der Waals surface area contributed by atoms with Crippen LogP contribution in [-0.4, -0.2) is 30.9 Å². The van der Waals surface area contributed by atoms with Gasteiger partial charge in [-0.05, 0) is 50.7 Å². The fraction of sp³-hybridized carbons (Fsp3) is 0.500. The minimum absolute atomic E-state index is 0.0232. The number of carbonyl (C=O) groups is 1. The summed E-state index contributed by atoms with van der Waals surface area (Å²) in [5.74, 6) is -0.0232. The standard InChI is InChI=1S/C9H10ClNO.C5H11N/c1-7(12)11-6-8-2-4-9(10)5-3-8;1-6-4-2-3-5-6/h2-5H,6H2,1H3,(H,11,12);2-5H2,1H3. The van der Waals surface area contributed by atoms with Gasteiger partial charge in [-0.25, -0.2) is 0 Å². The minimum atomic E-state index is -0.0232. The fourth-order valence-corrected chi connectivity index (χ4v) is 1.83. The van der Waals surface area contributed by atoms with Crippen molar-refractivity contribution in [2.24, 2.45) is 0 Å². The molecule has 0 spiro atoms. The highest BCUT2D eigenvalue weighted by atomic mass is 35.5. The largest absolute Gasteiger partial charge is 0.352 e. The SMILES string of the molecule is CC(=O)NCc1ccc(Cl)cc1.CN1CCCC1. The molecule has 3 nitrogen and oxygen atoms in total. The maximum absolute atomic E-state index is 10.5. The molecule has 0 bridgehead atoms. The molecular formula is C14H21ClN2O. The second kappa shape index (κ2) is 8.11. The molecule has 4 heteroatoms. The molecular weight excluding hydrogens is 248 g/mol. The lowest BCUT2D eigenvalue weighted by atomic mass is 10.2. The van der Waals surface area contributed by atoms with Gasteiger partial charge in [0.1, 0.15) is 0 Å². The third-order valence-electron chi connectivity index (χ3n) is 2.78. The van der Waals surface area contributed by atoms with Gasteiger partial charge >= 0.3 is 0 Å². The van der Waals surface area contributed by atoms with Gasteiger partial charge in [-0.3, -0.25) is 4.79 Å². The topological polar surface area (TPSA) is 32.3 Å². The summed E-state index contributed by atoms with van der Waals surface area (Å²) in [4.78, 5) is 12.9. The Balaban J connectivity index is 0.000000225. The van der Waals surface area contributed by atoms with Crippen molar-refractivity contribution < 1.29 is 4.79 Å². The Bertz CT molecular complexity index is 359. The molecule has 1 N–H and O–H groups in total. The molecule has 1 aliphatic rings. The summed E-state index contributed by atoms with van der Waals surface area (Å²) in [6.45, 7) is 4.70. The summed E-state index contributed by atoms with van der Waals surface area (Å²) < 4.78 is 0. The van der Waals surface area contributed by atoms with E-state index < -0.39 is 0 Å². The summed E-state index contributed by atoms with van der Waals surface area (Å²) in [7, 11) is 2.17. The van der Waals surface area contributed by atoms with Crippen LogP contribution in [0, 0.1) is 0 Å². The molecule has 2 rings (SSSR count). The maximum Gasteiger partial charge on any atom is 0.217 e. The zero-order valence-corrected chi connectivity index (χ0v) is 11.8. The number of rotatable bonds is 2. The molecule has 0 saturated carbocycles. The van der Waals surface area contributed by atoms with Crippen molar-refractivity contribution in [2.75, 3.05) is 20.1 Å². The number of hydrogen-bond donors (Lipinski definition) is 1. The molecule has 0 aliphatic carbocycles. The molecule has 1 aromatic carbocycles. The normalized spacial score (nSPS) is 14.8. The van der Waals surface area contributed by atoms with Crippen molar-refractivity contribution in [1.82, 2.24) is 10.2 Å². The van der Waals surface area contributed by atoms with Gasteiger partial charge in [-0.15, -0.1) is 0 Å². The predicted octanol–water partition coefficient (Wildman–Crippen LogP) is 2.69. The number of nitrogens with one attached hydrogen (secondary N) is 1. The van der Waals surface area contributed by atoms with Gasteiger partial charge in [0.05, 0.1) is 0 Å². The maximum atomic E-state index is 10.5. The molecule has 1 aromatic rings. The summed E-state index contributed by atoms with van der Waals surface area (Å²) in [5.41, 5.74) is 1.05. The number of carbonyl (C=O) groups excluding carboxylic acids is 1. The van der Waals surface area contributed by atoms with Crippen LogP contribution in [0.1, 0.15) is 25.3 Å². The van der Waals surface area contributed by atoms with Crippen molar-refractivity contribution >= 4 is 17.5 Å². The van der Waals surface area contributed by atoms with E-state index in [1.807, 2.05) is 12.1 Å². The van der Waals surface area contributed by atoms with Crippen LogP contribution < -0.4 is 5.32 Å². The van der Waals surface area contributed by atoms with Crippen LogP contribution in [0.5, 0.6) is 0 Å². The van der Waals surface area contributed by atoms with Gasteiger partial charge in [0, 0.05) is 18.5 Å². The average molecular weight is 269 g/mol. The number of halogens is 1. The number of amides is 1. The van der Waals surface area contributed by atoms with Crippen LogP contribution in [-0.2, 0) is 11.3 Å². The van der Waals surface area contributed by atoms with Gasteiger partial charge < -0.3 is 10.2 Å². The molecule has 1 saturated heterocycles. The monoisotopic (exact) mass is 268 g/mol. The number of nitrogens with zero attached hydrogens (tertiary/aromatic N) is 1. The van der Waals surface area contributed by atoms with E-state index in [0.29, 0.717) is 11.6 Å². The zero-order chi connectivity index (χ0) is 13.4. The van der Waals surface area contributed by atoms with Gasteiger partial charge in [-0.2, -0.15) is 0 Å². The number of likely N-dealkylation sites (tertiary alicyclic amines) is 1. The van der Waals surface area contributed by atoms with Crippen LogP contribution in [0.4, 0.5) is 0 Å². The molecule has 1 aliphatic heterocycles. The minimum Gasteiger partial charge on any atom is -0.352 e. The highest BCUT2D eigenvalue weighted by Crippen LogP contribution is 2.08. The first-order valence-electron chi connectivity index (χ1n) is 6.25. The Hall–Kier alpha value is -1.06. The Morgan fingerprint density at radius 2 is 1.83 bits per heavy atom. The van der Waals surface area contributed by atoms with Gasteiger partial charge in [-0.1, -0.05) is 23.7 Å². The molecule has 100 valence electrons. The van der Waals surface area contributed by atoms with Crippen LogP contribution in [0.3, 0.4) is 0 Å². The van der Waals surface area contributed by atoms with Gasteiger partial charge in [0.2, 0.25) is 5.91 Å². The van der Waals surface area contributed by atoms with E-state index in [4.69, 9.17) is 11.6 Å². The molecule has 0 atom stereocenters. The fourth-order valence-electron chi connectivity index (χ4n) is 1.70. The quantitative estimate of drug-likeness (QED) is 0.894. The molecule has 1 amide bonds. The van der Waals surface area contributed by atoms with Gasteiger partial charge in [0.15, 0.2) is 0 Å². The van der Waals surface area contributed by atoms with E-state index in [-0.39, 0.29) is 5.91 Å². The van der Waals surface area contributed by atoms with Crippen molar-refractivity contribution in [2.45, 2.75) is 26.3 Å². The first-order chi connectivity index (χ1) is 8.58. The molecule has 1 fully saturated rings. The zero-order valence-electron chi connectivity index (χ0n) is 11.1. The van der Waals surface area contributed by atoms with Gasteiger partial charge in [0.25, 0.3) is 0 Å². The Morgan fingerprint density at radius 1 is 1.28 bits per heavy atom. The van der Waals surface area contributed by atoms with Crippen molar-refractivity contribution in [1.29, 1.82) is 0 Å². The third kappa shape index (κ3) is 6.62. The predicted molar refractivity (Wildman–Crippen MR) is 75.7 cm³/mol. The first-order valence-corrected chi connectivity index (χ1v) is 6.63. The highest BCUT2D eigenvalue weighted by molar-refractivity contribution is 6.30. The molecule has 18 heavy (non-hydrogen) atoms. The highest BCUT2D eigenvalue weighted by Gasteiger charge is 2.03. The number of hydrogen-bond acceptors (Lipinski definition) is 2.